The van der Waals surface area contributed by atoms with Gasteiger partial charge in [-0.25, -0.2) is 0 Å². The zero-order valence-corrected chi connectivity index (χ0v) is 62.7. The molecule has 0 aromatic heterocycles. The minimum Gasteiger partial charge on any atom is -1.00 e. The molecule has 1 atom stereocenters. The van der Waals surface area contributed by atoms with Crippen molar-refractivity contribution in [2.24, 2.45) is 5.92 Å². The molecule has 0 radical (unpaired) electrons. The Balaban J connectivity index is 0. The van der Waals surface area contributed by atoms with Crippen LogP contribution in [0, 0.1) is 5.92 Å². The second-order valence-electron chi connectivity index (χ2n) is 28.2. The van der Waals surface area contributed by atoms with E-state index in [1.165, 1.54) is 463 Å². The van der Waals surface area contributed by atoms with Crippen molar-refractivity contribution in [3.8, 4) is 0 Å². The molecule has 0 aromatic rings. The molecule has 0 saturated carbocycles. The molecule has 0 aliphatic rings. The molecule has 85 heavy (non-hydrogen) atoms. The third-order valence-electron chi connectivity index (χ3n) is 19.7. The first kappa shape index (κ1) is 87.9. The SMILES string of the molecule is CCCCCCCCCCCCCCCCCC[N](CCCCCCCCCCCCCCCCCC)[Ti+]([O]CC(CC)CCCC)[N](CCCCCCCCCCCCCCCCCC)CCCCCCCCCCCCCCCCCC.[Cl-]. The maximum absolute atomic E-state index is 7.65. The molecule has 0 spiro atoms. The summed E-state index contributed by atoms with van der Waals surface area (Å²) in [5.74, 6) is 0.730. The van der Waals surface area contributed by atoms with Gasteiger partial charge < -0.3 is 12.4 Å². The topological polar surface area (TPSA) is 15.7 Å². The summed E-state index contributed by atoms with van der Waals surface area (Å²) in [6.45, 7) is 20.4. The van der Waals surface area contributed by atoms with Crippen molar-refractivity contribution in [3.63, 3.8) is 0 Å². The van der Waals surface area contributed by atoms with Crippen LogP contribution in [0.2, 0.25) is 0 Å². The number of hydrogen-bond donors (Lipinski definition) is 0. The Morgan fingerprint density at radius 2 is 0.365 bits per heavy atom. The number of hydrogen-bond acceptors (Lipinski definition) is 3. The van der Waals surface area contributed by atoms with Crippen LogP contribution in [0.25, 0.3) is 0 Å². The van der Waals surface area contributed by atoms with Crippen molar-refractivity contribution in [1.29, 1.82) is 0 Å². The fraction of sp³-hybridized carbons (Fsp3) is 1.00. The maximum atomic E-state index is 7.65. The summed E-state index contributed by atoms with van der Waals surface area (Å²) < 4.78 is 13.8. The Morgan fingerprint density at radius 3 is 0.518 bits per heavy atom. The van der Waals surface area contributed by atoms with Crippen molar-refractivity contribution in [3.05, 3.63) is 0 Å². The summed E-state index contributed by atoms with van der Waals surface area (Å²) in [7, 11) is 0. The standard InChI is InChI=1S/2C36H74N.C8H17O.ClH.Ti/c2*1-3-5-7-9-11-13-15-17-19-21-23-25-27-29-31-33-35-37-36-34-32-30-28-26-24-22-20-18-16-14-12-10-8-6-4-2;1-3-5-6-8(4-2)7-9;;/h2*3-36H2,1-2H3;8H,3-7H2,1-2H3;1H;/q3*-1;;+4/p-1. The van der Waals surface area contributed by atoms with E-state index >= 15 is 0 Å². The first-order valence-corrected chi connectivity index (χ1v) is 42.7. The summed E-state index contributed by atoms with van der Waals surface area (Å²) in [6, 6.07) is 0. The van der Waals surface area contributed by atoms with E-state index in [-0.39, 0.29) is 12.4 Å². The predicted octanol–water partition coefficient (Wildman–Crippen LogP) is 26.2. The summed E-state index contributed by atoms with van der Waals surface area (Å²) >= 11 is -2.17. The molecular formula is C80H165ClN2OTi. The van der Waals surface area contributed by atoms with Gasteiger partial charge in [0.25, 0.3) is 0 Å². The van der Waals surface area contributed by atoms with E-state index in [0.717, 1.165) is 12.5 Å². The van der Waals surface area contributed by atoms with Crippen molar-refractivity contribution >= 4 is 0 Å². The second-order valence-corrected chi connectivity index (χ2v) is 31.5. The van der Waals surface area contributed by atoms with Gasteiger partial charge in [0.1, 0.15) is 0 Å². The molecule has 1 unspecified atom stereocenters. The van der Waals surface area contributed by atoms with Gasteiger partial charge in [0, 0.05) is 0 Å². The zero-order chi connectivity index (χ0) is 60.6. The predicted molar refractivity (Wildman–Crippen MR) is 381 cm³/mol. The summed E-state index contributed by atoms with van der Waals surface area (Å²) in [5, 5.41) is 0. The third kappa shape index (κ3) is 69.1. The van der Waals surface area contributed by atoms with Crippen molar-refractivity contribution in [1.82, 2.24) is 6.76 Å². The van der Waals surface area contributed by atoms with Crippen LogP contribution in [0.1, 0.15) is 478 Å². The average molecular weight is 1250 g/mol. The summed E-state index contributed by atoms with van der Waals surface area (Å²) in [4.78, 5) is 0. The van der Waals surface area contributed by atoms with E-state index < -0.39 is 18.8 Å². The van der Waals surface area contributed by atoms with Gasteiger partial charge in [-0.05, 0) is 0 Å². The quantitative estimate of drug-likeness (QED) is 0.0446. The average Bonchev–Trinajstić information content (AvgIpc) is 3.68. The Hall–Kier alpha value is 0.884. The fourth-order valence-electron chi connectivity index (χ4n) is 13.5. The molecule has 5 heteroatoms. The molecule has 3 nitrogen and oxygen atoms in total. The Bertz CT molecular complexity index is 994. The Kier molecular flexibility index (Phi) is 81.9. The molecule has 0 N–H and O–H groups in total. The Labute approximate surface area is 554 Å². The molecule has 0 saturated heterocycles. The first-order chi connectivity index (χ1) is 41.7. The molecule has 0 rings (SSSR count). The molecule has 0 bridgehead atoms. The second kappa shape index (κ2) is 79.1. The fourth-order valence-corrected chi connectivity index (χ4v) is 17.5. The number of unbranched alkanes of at least 4 members (excludes halogenated alkanes) is 61. The van der Waals surface area contributed by atoms with Gasteiger partial charge in [-0.3, -0.25) is 0 Å². The minimum atomic E-state index is -2.17. The van der Waals surface area contributed by atoms with Gasteiger partial charge in [-0.1, -0.05) is 182 Å². The van der Waals surface area contributed by atoms with Gasteiger partial charge >= 0.3 is 364 Å². The van der Waals surface area contributed by atoms with E-state index in [2.05, 4.69) is 48.3 Å². The van der Waals surface area contributed by atoms with Crippen LogP contribution in [0.3, 0.4) is 0 Å². The van der Waals surface area contributed by atoms with Crippen LogP contribution < -0.4 is 12.4 Å². The van der Waals surface area contributed by atoms with Crippen molar-refractivity contribution < 1.29 is 34.5 Å². The zero-order valence-electron chi connectivity index (χ0n) is 60.4. The van der Waals surface area contributed by atoms with Crippen molar-refractivity contribution in [2.45, 2.75) is 478 Å². The number of nitrogens with zero attached hydrogens (tertiary/aromatic N) is 2. The van der Waals surface area contributed by atoms with Gasteiger partial charge in [-0.2, -0.15) is 0 Å². The number of rotatable bonds is 77. The van der Waals surface area contributed by atoms with E-state index in [0.29, 0.717) is 0 Å². The summed E-state index contributed by atoms with van der Waals surface area (Å²) in [5.41, 5.74) is 0. The van der Waals surface area contributed by atoms with Crippen LogP contribution in [0.15, 0.2) is 0 Å². The van der Waals surface area contributed by atoms with Crippen molar-refractivity contribution in [2.75, 3.05) is 32.8 Å². The first-order valence-electron chi connectivity index (χ1n) is 40.7. The molecule has 0 amide bonds. The molecule has 512 valence electrons. The van der Waals surface area contributed by atoms with Crippen LogP contribution in [-0.2, 0) is 22.1 Å². The van der Waals surface area contributed by atoms with Crippen LogP contribution >= 0.6 is 0 Å². The molecule has 0 aromatic carbocycles. The van der Waals surface area contributed by atoms with E-state index in [4.69, 9.17) is 3.32 Å². The van der Waals surface area contributed by atoms with E-state index in [1.807, 2.05) is 0 Å². The third-order valence-corrected chi connectivity index (χ3v) is 23.4. The molecule has 0 aliphatic carbocycles. The Morgan fingerprint density at radius 1 is 0.212 bits per heavy atom. The van der Waals surface area contributed by atoms with Gasteiger partial charge in [0.2, 0.25) is 0 Å². The molecule has 0 heterocycles. The monoisotopic (exact) mass is 1250 g/mol. The van der Waals surface area contributed by atoms with E-state index in [1.54, 1.807) is 0 Å². The smallest absolute Gasteiger partial charge is 1.00 e. The molecule has 0 aliphatic heterocycles. The van der Waals surface area contributed by atoms with Crippen LogP contribution in [0.5, 0.6) is 0 Å². The number of halogens is 1. The molecule has 0 fully saturated rings. The summed E-state index contributed by atoms with van der Waals surface area (Å²) in [6.07, 6.45) is 98.2. The molecular weight excluding hydrogens is 1090 g/mol. The van der Waals surface area contributed by atoms with Crippen LogP contribution in [0.4, 0.5) is 0 Å². The minimum absolute atomic E-state index is 0. The van der Waals surface area contributed by atoms with Gasteiger partial charge in [0.05, 0.1) is 0 Å². The van der Waals surface area contributed by atoms with E-state index in [9.17, 15) is 0 Å². The van der Waals surface area contributed by atoms with Crippen LogP contribution in [-0.4, -0.2) is 39.5 Å². The van der Waals surface area contributed by atoms with Gasteiger partial charge in [0.15, 0.2) is 0 Å². The van der Waals surface area contributed by atoms with Gasteiger partial charge in [-0.15, -0.1) is 0 Å². The normalized spacial score (nSPS) is 12.1.